The lowest BCUT2D eigenvalue weighted by Gasteiger charge is -2.21. The highest BCUT2D eigenvalue weighted by atomic mass is 16.1. The van der Waals surface area contributed by atoms with Crippen LogP contribution in [0.4, 0.5) is 5.69 Å². The first-order chi connectivity index (χ1) is 11.6. The molecule has 0 fully saturated rings. The van der Waals surface area contributed by atoms with Crippen LogP contribution < -0.4 is 10.6 Å². The van der Waals surface area contributed by atoms with Crippen LogP contribution in [0.2, 0.25) is 0 Å². The van der Waals surface area contributed by atoms with Crippen molar-refractivity contribution in [1.29, 1.82) is 0 Å². The summed E-state index contributed by atoms with van der Waals surface area (Å²) in [6.07, 6.45) is 0.497. The van der Waals surface area contributed by atoms with Crippen LogP contribution in [-0.2, 0) is 11.3 Å². The second-order valence-corrected chi connectivity index (χ2v) is 6.45. The van der Waals surface area contributed by atoms with E-state index in [0.717, 1.165) is 24.3 Å². The second kappa shape index (κ2) is 9.24. The van der Waals surface area contributed by atoms with Crippen LogP contribution in [0, 0.1) is 5.92 Å². The van der Waals surface area contributed by atoms with E-state index in [0.29, 0.717) is 12.3 Å². The zero-order valence-electron chi connectivity index (χ0n) is 14.9. The van der Waals surface area contributed by atoms with Gasteiger partial charge >= 0.3 is 0 Å². The molecule has 1 atom stereocenters. The highest BCUT2D eigenvalue weighted by molar-refractivity contribution is 5.92. The van der Waals surface area contributed by atoms with Gasteiger partial charge in [0.05, 0.1) is 0 Å². The lowest BCUT2D eigenvalue weighted by molar-refractivity contribution is -0.116. The van der Waals surface area contributed by atoms with Gasteiger partial charge in [-0.3, -0.25) is 4.79 Å². The van der Waals surface area contributed by atoms with E-state index in [4.69, 9.17) is 0 Å². The molecule has 0 aliphatic heterocycles. The van der Waals surface area contributed by atoms with Crippen LogP contribution in [0.15, 0.2) is 54.6 Å². The van der Waals surface area contributed by atoms with Crippen LogP contribution >= 0.6 is 0 Å². The van der Waals surface area contributed by atoms with Gasteiger partial charge in [-0.05, 0) is 35.6 Å². The summed E-state index contributed by atoms with van der Waals surface area (Å²) < 4.78 is 0. The third kappa shape index (κ3) is 5.20. The molecule has 3 nitrogen and oxygen atoms in total. The van der Waals surface area contributed by atoms with Crippen LogP contribution in [0.3, 0.4) is 0 Å². The smallest absolute Gasteiger partial charge is 0.225 e. The summed E-state index contributed by atoms with van der Waals surface area (Å²) >= 11 is 0. The minimum atomic E-state index is 0.0708. The maximum Gasteiger partial charge on any atom is 0.225 e. The number of hydrogen-bond acceptors (Lipinski definition) is 2. The van der Waals surface area contributed by atoms with Gasteiger partial charge in [0, 0.05) is 18.7 Å². The average Bonchev–Trinajstić information content (AvgIpc) is 2.59. The molecule has 0 spiro atoms. The van der Waals surface area contributed by atoms with Crippen molar-refractivity contribution in [3.63, 3.8) is 0 Å². The van der Waals surface area contributed by atoms with Gasteiger partial charge in [0.1, 0.15) is 0 Å². The van der Waals surface area contributed by atoms with E-state index in [1.54, 1.807) is 0 Å². The third-order valence-corrected chi connectivity index (χ3v) is 4.29. The maximum atomic E-state index is 12.6. The number of rotatable bonds is 8. The standard InChI is InChI=1S/C21H28N2O/c1-4-22-15-18-12-8-9-13-20(18)23-21(24)14-19(16(2)3)17-10-6-5-7-11-17/h5-13,16,19,22H,4,14-15H2,1-3H3,(H,23,24). The molecule has 3 heteroatoms. The molecule has 24 heavy (non-hydrogen) atoms. The molecule has 0 aromatic heterocycles. The predicted octanol–water partition coefficient (Wildman–Crippen LogP) is 4.56. The summed E-state index contributed by atoms with van der Waals surface area (Å²) in [7, 11) is 0. The summed E-state index contributed by atoms with van der Waals surface area (Å²) in [5.74, 6) is 0.712. The van der Waals surface area contributed by atoms with Crippen molar-refractivity contribution in [2.45, 2.75) is 39.7 Å². The molecule has 0 radical (unpaired) electrons. The summed E-state index contributed by atoms with van der Waals surface area (Å²) in [6, 6.07) is 18.3. The Morgan fingerprint density at radius 3 is 2.33 bits per heavy atom. The van der Waals surface area contributed by atoms with Crippen LogP contribution in [0.1, 0.15) is 44.2 Å². The molecular formula is C21H28N2O. The summed E-state index contributed by atoms with van der Waals surface area (Å²) in [5, 5.41) is 6.41. The van der Waals surface area contributed by atoms with Crippen molar-refractivity contribution in [2.75, 3.05) is 11.9 Å². The highest BCUT2D eigenvalue weighted by Gasteiger charge is 2.20. The zero-order chi connectivity index (χ0) is 17.4. The van der Waals surface area contributed by atoms with E-state index < -0.39 is 0 Å². The van der Waals surface area contributed by atoms with E-state index >= 15 is 0 Å². The fraction of sp³-hybridized carbons (Fsp3) is 0.381. The fourth-order valence-corrected chi connectivity index (χ4v) is 2.90. The van der Waals surface area contributed by atoms with E-state index in [1.807, 2.05) is 36.4 Å². The SMILES string of the molecule is CCNCc1ccccc1NC(=O)CC(c1ccccc1)C(C)C. The Kier molecular flexibility index (Phi) is 7.01. The quantitative estimate of drug-likeness (QED) is 0.747. The molecule has 1 amide bonds. The Hall–Kier alpha value is -2.13. The van der Waals surface area contributed by atoms with Gasteiger partial charge in [-0.1, -0.05) is 69.3 Å². The maximum absolute atomic E-state index is 12.6. The molecule has 1 unspecified atom stereocenters. The molecule has 2 aromatic carbocycles. The van der Waals surface area contributed by atoms with Crippen molar-refractivity contribution in [1.82, 2.24) is 5.32 Å². The predicted molar refractivity (Wildman–Crippen MR) is 101 cm³/mol. The second-order valence-electron chi connectivity index (χ2n) is 6.45. The first-order valence-electron chi connectivity index (χ1n) is 8.75. The van der Waals surface area contributed by atoms with Gasteiger partial charge in [0.15, 0.2) is 0 Å². The lowest BCUT2D eigenvalue weighted by atomic mass is 9.85. The van der Waals surface area contributed by atoms with E-state index in [-0.39, 0.29) is 11.8 Å². The summed E-state index contributed by atoms with van der Waals surface area (Å²) in [4.78, 5) is 12.6. The van der Waals surface area contributed by atoms with Gasteiger partial charge in [-0.2, -0.15) is 0 Å². The summed E-state index contributed by atoms with van der Waals surface area (Å²) in [6.45, 7) is 8.09. The molecule has 0 heterocycles. The number of benzene rings is 2. The first-order valence-corrected chi connectivity index (χ1v) is 8.75. The number of anilines is 1. The molecule has 2 rings (SSSR count). The van der Waals surface area contributed by atoms with Crippen molar-refractivity contribution >= 4 is 11.6 Å². The molecule has 0 saturated carbocycles. The fourth-order valence-electron chi connectivity index (χ4n) is 2.90. The molecule has 0 bridgehead atoms. The molecule has 0 aliphatic carbocycles. The minimum Gasteiger partial charge on any atom is -0.326 e. The van der Waals surface area contributed by atoms with Crippen molar-refractivity contribution in [3.8, 4) is 0 Å². The highest BCUT2D eigenvalue weighted by Crippen LogP contribution is 2.28. The Labute approximate surface area is 145 Å². The monoisotopic (exact) mass is 324 g/mol. The van der Waals surface area contributed by atoms with Gasteiger partial charge in [0.2, 0.25) is 5.91 Å². The number of carbonyl (C=O) groups is 1. The topological polar surface area (TPSA) is 41.1 Å². The normalized spacial score (nSPS) is 12.2. The first kappa shape index (κ1) is 18.2. The number of nitrogens with one attached hydrogen (secondary N) is 2. The number of amides is 1. The van der Waals surface area contributed by atoms with Crippen molar-refractivity contribution < 1.29 is 4.79 Å². The molecular weight excluding hydrogens is 296 g/mol. The van der Waals surface area contributed by atoms with Gasteiger partial charge in [-0.25, -0.2) is 0 Å². The Bertz CT molecular complexity index is 637. The van der Waals surface area contributed by atoms with Crippen LogP contribution in [0.25, 0.3) is 0 Å². The van der Waals surface area contributed by atoms with E-state index in [9.17, 15) is 4.79 Å². The van der Waals surface area contributed by atoms with E-state index in [2.05, 4.69) is 49.6 Å². The average molecular weight is 324 g/mol. The lowest BCUT2D eigenvalue weighted by Crippen LogP contribution is -2.20. The van der Waals surface area contributed by atoms with Gasteiger partial charge < -0.3 is 10.6 Å². The molecule has 2 N–H and O–H groups in total. The summed E-state index contributed by atoms with van der Waals surface area (Å²) in [5.41, 5.74) is 3.25. The Morgan fingerprint density at radius 2 is 1.67 bits per heavy atom. The molecule has 2 aromatic rings. The van der Waals surface area contributed by atoms with Crippen molar-refractivity contribution in [2.24, 2.45) is 5.92 Å². The largest absolute Gasteiger partial charge is 0.326 e. The van der Waals surface area contributed by atoms with Crippen molar-refractivity contribution in [3.05, 3.63) is 65.7 Å². The third-order valence-electron chi connectivity index (χ3n) is 4.29. The Balaban J connectivity index is 2.07. The zero-order valence-corrected chi connectivity index (χ0v) is 14.9. The number of para-hydroxylation sites is 1. The number of carbonyl (C=O) groups excluding carboxylic acids is 1. The van der Waals surface area contributed by atoms with Gasteiger partial charge in [0.25, 0.3) is 0 Å². The molecule has 128 valence electrons. The Morgan fingerprint density at radius 1 is 1.00 bits per heavy atom. The van der Waals surface area contributed by atoms with Crippen LogP contribution in [-0.4, -0.2) is 12.5 Å². The molecule has 0 aliphatic rings. The molecule has 0 saturated heterocycles. The minimum absolute atomic E-state index is 0.0708. The number of hydrogen-bond donors (Lipinski definition) is 2. The van der Waals surface area contributed by atoms with E-state index in [1.165, 1.54) is 5.56 Å². The van der Waals surface area contributed by atoms with Gasteiger partial charge in [-0.15, -0.1) is 0 Å². The van der Waals surface area contributed by atoms with Crippen LogP contribution in [0.5, 0.6) is 0 Å².